The van der Waals surface area contributed by atoms with E-state index >= 15 is 0 Å². The lowest BCUT2D eigenvalue weighted by Crippen LogP contribution is -2.18. The number of hydrogen-bond acceptors (Lipinski definition) is 3. The van der Waals surface area contributed by atoms with E-state index in [1.165, 1.54) is 15.3 Å². The third-order valence-electron chi connectivity index (χ3n) is 2.66. The molecule has 0 amide bonds. The molecule has 0 saturated carbocycles. The summed E-state index contributed by atoms with van der Waals surface area (Å²) in [5.74, 6) is 0.604. The van der Waals surface area contributed by atoms with Crippen molar-refractivity contribution < 1.29 is 0 Å². The fourth-order valence-corrected chi connectivity index (χ4v) is 3.31. The monoisotopic (exact) mass is 251 g/mol. The van der Waals surface area contributed by atoms with Crippen molar-refractivity contribution in [1.29, 1.82) is 0 Å². The highest BCUT2D eigenvalue weighted by molar-refractivity contribution is 7.11. The predicted octanol–water partition coefficient (Wildman–Crippen LogP) is 4.01. The number of aryl methyl sites for hydroxylation is 1. The molecule has 0 spiro atoms. The van der Waals surface area contributed by atoms with Crippen LogP contribution in [0.5, 0.6) is 0 Å². The molecule has 0 aromatic carbocycles. The van der Waals surface area contributed by atoms with Gasteiger partial charge in [0.25, 0.3) is 0 Å². The summed E-state index contributed by atoms with van der Waals surface area (Å²) < 4.78 is 0. The third-order valence-corrected chi connectivity index (χ3v) is 4.36. The Kier molecular flexibility index (Phi) is 4.16. The van der Waals surface area contributed by atoms with Gasteiger partial charge >= 0.3 is 0 Å². The molecule has 3 heteroatoms. The number of rotatable bonds is 5. The quantitative estimate of drug-likeness (QED) is 0.846. The molecule has 0 fully saturated rings. The van der Waals surface area contributed by atoms with Crippen LogP contribution >= 0.6 is 22.7 Å². The van der Waals surface area contributed by atoms with Crippen LogP contribution in [0, 0.1) is 6.92 Å². The van der Waals surface area contributed by atoms with Crippen molar-refractivity contribution in [2.45, 2.75) is 26.3 Å². The molecule has 2 heterocycles. The molecule has 86 valence electrons. The molecule has 0 bridgehead atoms. The summed E-state index contributed by atoms with van der Waals surface area (Å²) in [6, 6.07) is 6.61. The molecule has 1 atom stereocenters. The van der Waals surface area contributed by atoms with Gasteiger partial charge in [-0.1, -0.05) is 6.92 Å². The molecular formula is C13H17NS2. The minimum absolute atomic E-state index is 0.604. The molecule has 2 rings (SSSR count). The lowest BCUT2D eigenvalue weighted by Gasteiger charge is -2.10. The summed E-state index contributed by atoms with van der Waals surface area (Å²) in [7, 11) is 0. The van der Waals surface area contributed by atoms with E-state index in [1.807, 2.05) is 11.3 Å². The van der Waals surface area contributed by atoms with E-state index in [-0.39, 0.29) is 0 Å². The van der Waals surface area contributed by atoms with E-state index in [0.717, 1.165) is 13.1 Å². The first-order valence-corrected chi connectivity index (χ1v) is 7.30. The Balaban J connectivity index is 1.76. The van der Waals surface area contributed by atoms with Crippen LogP contribution in [-0.2, 0) is 6.54 Å². The molecule has 2 aromatic rings. The predicted molar refractivity (Wildman–Crippen MR) is 73.5 cm³/mol. The Hall–Kier alpha value is -0.640. The van der Waals surface area contributed by atoms with Crippen LogP contribution in [0.2, 0.25) is 0 Å². The Morgan fingerprint density at radius 2 is 2.19 bits per heavy atom. The minimum Gasteiger partial charge on any atom is -0.311 e. The van der Waals surface area contributed by atoms with Crippen LogP contribution in [0.4, 0.5) is 0 Å². The van der Waals surface area contributed by atoms with Crippen molar-refractivity contribution in [3.05, 3.63) is 44.3 Å². The van der Waals surface area contributed by atoms with Gasteiger partial charge in [0.1, 0.15) is 0 Å². The fraction of sp³-hybridized carbons (Fsp3) is 0.385. The molecule has 0 aliphatic rings. The first kappa shape index (κ1) is 11.8. The van der Waals surface area contributed by atoms with Gasteiger partial charge in [-0.25, -0.2) is 0 Å². The molecule has 16 heavy (non-hydrogen) atoms. The largest absolute Gasteiger partial charge is 0.311 e. The number of thiophene rings is 2. The second-order valence-electron chi connectivity index (χ2n) is 4.10. The second-order valence-corrected chi connectivity index (χ2v) is 6.25. The summed E-state index contributed by atoms with van der Waals surface area (Å²) in [5, 5.41) is 7.90. The van der Waals surface area contributed by atoms with Gasteiger partial charge in [-0.05, 0) is 47.4 Å². The molecule has 0 saturated heterocycles. The maximum Gasteiger partial charge on any atom is 0.0300 e. The first-order valence-electron chi connectivity index (χ1n) is 5.54. The molecule has 1 nitrogen and oxygen atoms in total. The van der Waals surface area contributed by atoms with Crippen molar-refractivity contribution in [1.82, 2.24) is 5.32 Å². The zero-order chi connectivity index (χ0) is 11.4. The maximum atomic E-state index is 3.52. The smallest absolute Gasteiger partial charge is 0.0300 e. The molecule has 1 N–H and O–H groups in total. The van der Waals surface area contributed by atoms with Gasteiger partial charge in [0.2, 0.25) is 0 Å². The average molecular weight is 251 g/mol. The van der Waals surface area contributed by atoms with Crippen LogP contribution < -0.4 is 5.32 Å². The maximum absolute atomic E-state index is 3.52. The number of hydrogen-bond donors (Lipinski definition) is 1. The molecule has 1 unspecified atom stereocenters. The van der Waals surface area contributed by atoms with E-state index in [4.69, 9.17) is 0 Å². The summed E-state index contributed by atoms with van der Waals surface area (Å²) in [4.78, 5) is 2.82. The summed E-state index contributed by atoms with van der Waals surface area (Å²) >= 11 is 3.65. The summed E-state index contributed by atoms with van der Waals surface area (Å²) in [6.07, 6.45) is 0. The van der Waals surface area contributed by atoms with Crippen LogP contribution in [0.1, 0.15) is 28.2 Å². The highest BCUT2D eigenvalue weighted by Gasteiger charge is 2.05. The molecule has 0 radical (unpaired) electrons. The standard InChI is InChI=1S/C13H17NS2/c1-10(12-5-6-15-9-12)7-14-8-13-4-3-11(2)16-13/h3-6,9-10,14H,7-8H2,1-2H3. The third kappa shape index (κ3) is 3.17. The van der Waals surface area contributed by atoms with Gasteiger partial charge in [0.05, 0.1) is 0 Å². The molecular weight excluding hydrogens is 234 g/mol. The Labute approximate surface area is 105 Å². The van der Waals surface area contributed by atoms with Crippen LogP contribution in [0.3, 0.4) is 0 Å². The van der Waals surface area contributed by atoms with E-state index in [0.29, 0.717) is 5.92 Å². The van der Waals surface area contributed by atoms with Gasteiger partial charge in [0, 0.05) is 22.8 Å². The van der Waals surface area contributed by atoms with Crippen LogP contribution in [0.15, 0.2) is 29.0 Å². The molecule has 0 aliphatic carbocycles. The topological polar surface area (TPSA) is 12.0 Å². The molecule has 2 aromatic heterocycles. The van der Waals surface area contributed by atoms with Gasteiger partial charge < -0.3 is 5.32 Å². The van der Waals surface area contributed by atoms with Gasteiger partial charge in [-0.2, -0.15) is 11.3 Å². The number of nitrogens with one attached hydrogen (secondary N) is 1. The zero-order valence-electron chi connectivity index (χ0n) is 9.69. The SMILES string of the molecule is Cc1ccc(CNCC(C)c2ccsc2)s1. The Morgan fingerprint density at radius 1 is 1.31 bits per heavy atom. The lowest BCUT2D eigenvalue weighted by atomic mass is 10.1. The van der Waals surface area contributed by atoms with E-state index in [9.17, 15) is 0 Å². The average Bonchev–Trinajstić information content (AvgIpc) is 2.89. The normalized spacial score (nSPS) is 12.9. The first-order chi connectivity index (χ1) is 7.75. The highest BCUT2D eigenvalue weighted by Crippen LogP contribution is 2.18. The van der Waals surface area contributed by atoms with Crippen molar-refractivity contribution in [3.63, 3.8) is 0 Å². The highest BCUT2D eigenvalue weighted by atomic mass is 32.1. The van der Waals surface area contributed by atoms with Gasteiger partial charge in [-0.15, -0.1) is 11.3 Å². The second kappa shape index (κ2) is 5.62. The lowest BCUT2D eigenvalue weighted by molar-refractivity contribution is 0.620. The van der Waals surface area contributed by atoms with E-state index < -0.39 is 0 Å². The van der Waals surface area contributed by atoms with Gasteiger partial charge in [-0.3, -0.25) is 0 Å². The van der Waals surface area contributed by atoms with E-state index in [1.54, 1.807) is 11.3 Å². The summed E-state index contributed by atoms with van der Waals surface area (Å²) in [5.41, 5.74) is 1.44. The zero-order valence-corrected chi connectivity index (χ0v) is 11.3. The fourth-order valence-electron chi connectivity index (χ4n) is 1.67. The summed E-state index contributed by atoms with van der Waals surface area (Å²) in [6.45, 7) is 6.47. The van der Waals surface area contributed by atoms with Crippen LogP contribution in [-0.4, -0.2) is 6.54 Å². The van der Waals surface area contributed by atoms with Crippen molar-refractivity contribution in [2.24, 2.45) is 0 Å². The van der Waals surface area contributed by atoms with Crippen LogP contribution in [0.25, 0.3) is 0 Å². The van der Waals surface area contributed by atoms with Crippen molar-refractivity contribution >= 4 is 22.7 Å². The van der Waals surface area contributed by atoms with Gasteiger partial charge in [0.15, 0.2) is 0 Å². The molecule has 0 aliphatic heterocycles. The van der Waals surface area contributed by atoms with Crippen molar-refractivity contribution in [3.8, 4) is 0 Å². The Morgan fingerprint density at radius 3 is 2.81 bits per heavy atom. The van der Waals surface area contributed by atoms with Crippen molar-refractivity contribution in [2.75, 3.05) is 6.54 Å². The Bertz CT molecular complexity index is 417. The van der Waals surface area contributed by atoms with E-state index in [2.05, 4.69) is 48.1 Å². The minimum atomic E-state index is 0.604.